The Bertz CT molecular complexity index is 626. The lowest BCUT2D eigenvalue weighted by Crippen LogP contribution is -2.53. The number of ether oxygens (including phenoxy) is 1. The molecule has 106 valence electrons. The molecule has 0 radical (unpaired) electrons. The van der Waals surface area contributed by atoms with Crippen LogP contribution in [0.15, 0.2) is 24.3 Å². The van der Waals surface area contributed by atoms with E-state index in [1.54, 1.807) is 11.9 Å². The minimum absolute atomic E-state index is 0.328. The van der Waals surface area contributed by atoms with Crippen molar-refractivity contribution in [1.82, 2.24) is 14.5 Å². The summed E-state index contributed by atoms with van der Waals surface area (Å²) in [5, 5.41) is 13.5. The Balaban J connectivity index is 2.03. The SMILES string of the molecule is CC(=O)OC1N(C)CC[N+]1([O-])c1nc2ccccc2s1. The van der Waals surface area contributed by atoms with Crippen LogP contribution >= 0.6 is 11.3 Å². The van der Waals surface area contributed by atoms with Crippen LogP contribution in [-0.2, 0) is 9.53 Å². The fourth-order valence-corrected chi connectivity index (χ4v) is 3.42. The third kappa shape index (κ3) is 2.08. The molecule has 1 fully saturated rings. The highest BCUT2D eigenvalue weighted by molar-refractivity contribution is 7.22. The van der Waals surface area contributed by atoms with Gasteiger partial charge < -0.3 is 9.94 Å². The molecule has 3 rings (SSSR count). The standard InChI is InChI=1S/C13H15N3O3S/c1-9(17)19-13-15(2)7-8-16(13,18)12-14-10-5-3-4-6-11(10)20-12/h3-6,13H,7-8H2,1-2H3. The van der Waals surface area contributed by atoms with Crippen molar-refractivity contribution in [3.8, 4) is 0 Å². The van der Waals surface area contributed by atoms with E-state index in [1.807, 2.05) is 24.3 Å². The lowest BCUT2D eigenvalue weighted by molar-refractivity contribution is -0.161. The van der Waals surface area contributed by atoms with Crippen LogP contribution < -0.4 is 4.65 Å². The predicted molar refractivity (Wildman–Crippen MR) is 77.8 cm³/mol. The zero-order valence-corrected chi connectivity index (χ0v) is 12.1. The second kappa shape index (κ2) is 4.78. The maximum Gasteiger partial charge on any atom is 0.308 e. The number of esters is 1. The van der Waals surface area contributed by atoms with E-state index in [1.165, 1.54) is 18.3 Å². The molecule has 0 aliphatic carbocycles. The summed E-state index contributed by atoms with van der Waals surface area (Å²) in [6.45, 7) is 2.21. The maximum atomic E-state index is 13.1. The van der Waals surface area contributed by atoms with E-state index in [2.05, 4.69) is 4.98 Å². The first-order valence-electron chi connectivity index (χ1n) is 6.33. The second-order valence-corrected chi connectivity index (χ2v) is 5.91. The molecule has 0 saturated carbocycles. The molecule has 1 saturated heterocycles. The zero-order chi connectivity index (χ0) is 14.3. The smallest absolute Gasteiger partial charge is 0.308 e. The average Bonchev–Trinajstić information content (AvgIpc) is 2.96. The largest absolute Gasteiger partial charge is 0.622 e. The highest BCUT2D eigenvalue weighted by Gasteiger charge is 2.45. The third-order valence-corrected chi connectivity index (χ3v) is 4.54. The van der Waals surface area contributed by atoms with Crippen molar-refractivity contribution in [3.05, 3.63) is 29.5 Å². The predicted octanol–water partition coefficient (Wildman–Crippen LogP) is 1.89. The first-order chi connectivity index (χ1) is 9.50. The number of hydroxylamine groups is 2. The van der Waals surface area contributed by atoms with Gasteiger partial charge in [0.2, 0.25) is 0 Å². The summed E-state index contributed by atoms with van der Waals surface area (Å²) in [7, 11) is 1.78. The number of fused-ring (bicyclic) bond motifs is 1. The Morgan fingerprint density at radius 1 is 1.55 bits per heavy atom. The van der Waals surface area contributed by atoms with Crippen LogP contribution in [0.4, 0.5) is 5.13 Å². The molecular weight excluding hydrogens is 278 g/mol. The molecule has 0 N–H and O–H groups in total. The van der Waals surface area contributed by atoms with Gasteiger partial charge in [-0.15, -0.1) is 0 Å². The van der Waals surface area contributed by atoms with Gasteiger partial charge in [-0.2, -0.15) is 4.98 Å². The molecule has 2 heterocycles. The molecule has 0 spiro atoms. The summed E-state index contributed by atoms with van der Waals surface area (Å²) < 4.78 is 5.44. The Morgan fingerprint density at radius 3 is 3.00 bits per heavy atom. The van der Waals surface area contributed by atoms with Crippen LogP contribution in [0, 0.1) is 5.21 Å². The van der Waals surface area contributed by atoms with E-state index in [4.69, 9.17) is 4.74 Å². The molecule has 1 aliphatic rings. The molecule has 1 aromatic heterocycles. The number of quaternary nitrogens is 1. The molecule has 0 bridgehead atoms. The highest BCUT2D eigenvalue weighted by Crippen LogP contribution is 2.37. The normalized spacial score (nSPS) is 27.1. The topological polar surface area (TPSA) is 65.5 Å². The molecule has 20 heavy (non-hydrogen) atoms. The van der Waals surface area contributed by atoms with Crippen molar-refractivity contribution in [2.24, 2.45) is 0 Å². The molecule has 2 atom stereocenters. The van der Waals surface area contributed by atoms with Gasteiger partial charge in [0.05, 0.1) is 16.8 Å². The minimum Gasteiger partial charge on any atom is -0.622 e. The van der Waals surface area contributed by atoms with Gasteiger partial charge in [0.1, 0.15) is 6.54 Å². The van der Waals surface area contributed by atoms with E-state index < -0.39 is 17.0 Å². The number of carbonyl (C=O) groups excluding carboxylic acids is 1. The van der Waals surface area contributed by atoms with E-state index in [0.717, 1.165) is 10.2 Å². The fraction of sp³-hybridized carbons (Fsp3) is 0.385. The summed E-state index contributed by atoms with van der Waals surface area (Å²) in [6, 6.07) is 7.62. The van der Waals surface area contributed by atoms with Gasteiger partial charge in [-0.25, -0.2) is 4.90 Å². The average molecular weight is 293 g/mol. The van der Waals surface area contributed by atoms with Crippen LogP contribution in [0.25, 0.3) is 10.2 Å². The first-order valence-corrected chi connectivity index (χ1v) is 7.15. The van der Waals surface area contributed by atoms with E-state index in [-0.39, 0.29) is 0 Å². The number of likely N-dealkylation sites (N-methyl/N-ethyl adjacent to an activating group) is 1. The van der Waals surface area contributed by atoms with E-state index in [0.29, 0.717) is 18.2 Å². The fourth-order valence-electron chi connectivity index (χ4n) is 2.38. The Morgan fingerprint density at radius 2 is 2.30 bits per heavy atom. The number of aromatic nitrogens is 1. The van der Waals surface area contributed by atoms with Gasteiger partial charge in [-0.3, -0.25) is 9.44 Å². The number of rotatable bonds is 2. The quantitative estimate of drug-likeness (QED) is 0.480. The van der Waals surface area contributed by atoms with Crippen molar-refractivity contribution in [1.29, 1.82) is 0 Å². The Labute approximate surface area is 120 Å². The third-order valence-electron chi connectivity index (χ3n) is 3.40. The van der Waals surface area contributed by atoms with Gasteiger partial charge in [0, 0.05) is 6.92 Å². The number of nitrogens with zero attached hydrogens (tertiary/aromatic N) is 3. The zero-order valence-electron chi connectivity index (χ0n) is 11.3. The molecule has 2 aromatic rings. The monoisotopic (exact) mass is 293 g/mol. The van der Waals surface area contributed by atoms with Crippen molar-refractivity contribution in [3.63, 3.8) is 0 Å². The van der Waals surface area contributed by atoms with Gasteiger partial charge in [-0.1, -0.05) is 23.5 Å². The lowest BCUT2D eigenvalue weighted by Gasteiger charge is -2.39. The maximum absolute atomic E-state index is 13.1. The number of hydrogen-bond acceptors (Lipinski definition) is 6. The van der Waals surface area contributed by atoms with Crippen molar-refractivity contribution >= 4 is 32.7 Å². The first kappa shape index (κ1) is 13.4. The van der Waals surface area contributed by atoms with Crippen LogP contribution in [0.1, 0.15) is 6.92 Å². The summed E-state index contributed by atoms with van der Waals surface area (Å²) in [6.07, 6.45) is -0.854. The summed E-state index contributed by atoms with van der Waals surface area (Å²) in [5.41, 5.74) is 0.803. The number of para-hydroxylation sites is 1. The van der Waals surface area contributed by atoms with E-state index >= 15 is 0 Å². The number of thiazole rings is 1. The van der Waals surface area contributed by atoms with Crippen LogP contribution in [-0.4, -0.2) is 42.3 Å². The summed E-state index contributed by atoms with van der Waals surface area (Å²) in [5.74, 6) is -0.455. The summed E-state index contributed by atoms with van der Waals surface area (Å²) in [4.78, 5) is 17.4. The molecule has 2 unspecified atom stereocenters. The van der Waals surface area contributed by atoms with Gasteiger partial charge >= 0.3 is 12.3 Å². The van der Waals surface area contributed by atoms with Gasteiger partial charge in [0.15, 0.2) is 0 Å². The molecular formula is C13H15N3O3S. The Kier molecular flexibility index (Phi) is 3.21. The lowest BCUT2D eigenvalue weighted by atomic mass is 10.3. The van der Waals surface area contributed by atoms with Crippen LogP contribution in [0.3, 0.4) is 0 Å². The number of benzene rings is 1. The molecule has 0 amide bonds. The molecule has 1 aliphatic heterocycles. The molecule has 7 heteroatoms. The second-order valence-electron chi connectivity index (χ2n) is 4.90. The van der Waals surface area contributed by atoms with Crippen molar-refractivity contribution < 1.29 is 9.53 Å². The number of carbonyl (C=O) groups is 1. The van der Waals surface area contributed by atoms with Crippen molar-refractivity contribution in [2.75, 3.05) is 20.1 Å². The van der Waals surface area contributed by atoms with E-state index in [9.17, 15) is 10.0 Å². The Hall–Kier alpha value is -1.54. The van der Waals surface area contributed by atoms with Crippen LogP contribution in [0.5, 0.6) is 0 Å². The van der Waals surface area contributed by atoms with Gasteiger partial charge in [-0.05, 0) is 19.2 Å². The molecule has 1 aromatic carbocycles. The highest BCUT2D eigenvalue weighted by atomic mass is 32.1. The van der Waals surface area contributed by atoms with Crippen LogP contribution in [0.2, 0.25) is 0 Å². The molecule has 6 nitrogen and oxygen atoms in total. The summed E-state index contributed by atoms with van der Waals surface area (Å²) >= 11 is 1.36. The van der Waals surface area contributed by atoms with Crippen molar-refractivity contribution in [2.45, 2.75) is 13.3 Å². The van der Waals surface area contributed by atoms with Gasteiger partial charge in [0.25, 0.3) is 5.13 Å². The minimum atomic E-state index is -0.854. The number of hydrogen-bond donors (Lipinski definition) is 0.